The fraction of sp³-hybridized carbons (Fsp3) is 0.143. The van der Waals surface area contributed by atoms with Crippen LogP contribution in [-0.4, -0.2) is 22.3 Å². The van der Waals surface area contributed by atoms with Gasteiger partial charge in [0.05, 0.1) is 17.8 Å². The minimum Gasteiger partial charge on any atom is -0.495 e. The summed E-state index contributed by atoms with van der Waals surface area (Å²) in [7, 11) is 1.63. The van der Waals surface area contributed by atoms with Crippen LogP contribution in [0.4, 0.5) is 11.6 Å². The van der Waals surface area contributed by atoms with Crippen molar-refractivity contribution in [2.24, 2.45) is 0 Å². The average molecular weight is 353 g/mol. The number of para-hydroxylation sites is 2. The minimum atomic E-state index is 0.504. The van der Waals surface area contributed by atoms with Gasteiger partial charge in [0.2, 0.25) is 5.95 Å². The molecule has 3 rings (SSSR count). The van der Waals surface area contributed by atoms with E-state index in [9.17, 15) is 0 Å². The van der Waals surface area contributed by atoms with E-state index in [-0.39, 0.29) is 0 Å². The Kier molecular flexibility index (Phi) is 4.87. The maximum absolute atomic E-state index is 6.08. The molecule has 2 aromatic heterocycles. The number of thioether (sulfide) groups is 1. The lowest BCUT2D eigenvalue weighted by Crippen LogP contribution is -1.95. The number of halogens is 1. The van der Waals surface area contributed by atoms with Crippen LogP contribution in [0.15, 0.2) is 40.9 Å². The molecule has 0 amide bonds. The summed E-state index contributed by atoms with van der Waals surface area (Å²) in [4.78, 5) is 5.53. The Balaban J connectivity index is 1.65. The largest absolute Gasteiger partial charge is 0.495 e. The maximum Gasteiger partial charge on any atom is 0.247 e. The lowest BCUT2D eigenvalue weighted by Gasteiger charge is -2.07. The predicted octanol–water partition coefficient (Wildman–Crippen LogP) is 4.56. The van der Waals surface area contributed by atoms with Crippen molar-refractivity contribution >= 4 is 46.3 Å². The van der Waals surface area contributed by atoms with Crippen LogP contribution in [0.25, 0.3) is 0 Å². The van der Waals surface area contributed by atoms with Gasteiger partial charge in [-0.15, -0.1) is 16.4 Å². The Labute approximate surface area is 141 Å². The molecule has 8 heteroatoms. The zero-order valence-electron chi connectivity index (χ0n) is 11.7. The van der Waals surface area contributed by atoms with Gasteiger partial charge >= 0.3 is 0 Å². The summed E-state index contributed by atoms with van der Waals surface area (Å²) in [6.45, 7) is 0. The van der Waals surface area contributed by atoms with E-state index in [0.717, 1.165) is 32.2 Å². The second-order valence-electron chi connectivity index (χ2n) is 4.27. The van der Waals surface area contributed by atoms with E-state index in [1.54, 1.807) is 30.2 Å². The molecule has 0 unspecified atom stereocenters. The number of methoxy groups -OCH3 is 1. The van der Waals surface area contributed by atoms with Gasteiger partial charge in [-0.2, -0.15) is 4.98 Å². The van der Waals surface area contributed by atoms with Gasteiger partial charge < -0.3 is 10.1 Å². The first-order chi connectivity index (χ1) is 10.8. The predicted molar refractivity (Wildman–Crippen MR) is 91.5 cm³/mol. The molecule has 22 heavy (non-hydrogen) atoms. The molecule has 0 fully saturated rings. The van der Waals surface area contributed by atoms with E-state index in [1.165, 1.54) is 0 Å². The number of aromatic nitrogens is 3. The Hall–Kier alpha value is -1.70. The van der Waals surface area contributed by atoms with E-state index < -0.39 is 0 Å². The molecule has 0 aliphatic rings. The van der Waals surface area contributed by atoms with Crippen molar-refractivity contribution in [1.29, 1.82) is 0 Å². The number of aromatic amines is 1. The molecule has 0 aliphatic carbocycles. The van der Waals surface area contributed by atoms with Crippen LogP contribution in [0.3, 0.4) is 0 Å². The number of benzene rings is 1. The highest BCUT2D eigenvalue weighted by Crippen LogP contribution is 2.30. The van der Waals surface area contributed by atoms with Gasteiger partial charge in [0.15, 0.2) is 5.16 Å². The van der Waals surface area contributed by atoms with E-state index >= 15 is 0 Å². The number of H-pyrrole nitrogens is 1. The first kappa shape index (κ1) is 15.2. The quantitative estimate of drug-likeness (QED) is 0.636. The summed E-state index contributed by atoms with van der Waals surface area (Å²) < 4.78 is 5.29. The fourth-order valence-electron chi connectivity index (χ4n) is 1.80. The van der Waals surface area contributed by atoms with Crippen molar-refractivity contribution in [2.75, 3.05) is 12.4 Å². The zero-order chi connectivity index (χ0) is 15.4. The summed E-state index contributed by atoms with van der Waals surface area (Å²) in [6.07, 6.45) is 0. The number of ether oxygens (including phenoxy) is 1. The molecule has 0 atom stereocenters. The third kappa shape index (κ3) is 3.55. The minimum absolute atomic E-state index is 0.504. The van der Waals surface area contributed by atoms with Gasteiger partial charge in [0, 0.05) is 10.6 Å². The lowest BCUT2D eigenvalue weighted by atomic mass is 10.3. The second kappa shape index (κ2) is 7.04. The molecule has 2 N–H and O–H groups in total. The lowest BCUT2D eigenvalue weighted by molar-refractivity contribution is 0.417. The summed E-state index contributed by atoms with van der Waals surface area (Å²) in [5.74, 6) is 2.01. The van der Waals surface area contributed by atoms with E-state index in [0.29, 0.717) is 5.95 Å². The molecule has 114 valence electrons. The van der Waals surface area contributed by atoms with Gasteiger partial charge in [0.1, 0.15) is 5.75 Å². The van der Waals surface area contributed by atoms with Crippen LogP contribution in [0.2, 0.25) is 5.02 Å². The smallest absolute Gasteiger partial charge is 0.247 e. The summed E-state index contributed by atoms with van der Waals surface area (Å²) in [5.41, 5.74) is 0.821. The van der Waals surface area contributed by atoms with Crippen molar-refractivity contribution in [1.82, 2.24) is 15.2 Å². The Morgan fingerprint density at radius 1 is 1.36 bits per heavy atom. The van der Waals surface area contributed by atoms with E-state index in [4.69, 9.17) is 16.3 Å². The van der Waals surface area contributed by atoms with Crippen molar-refractivity contribution in [3.05, 3.63) is 45.6 Å². The number of nitrogens with one attached hydrogen (secondary N) is 2. The number of anilines is 2. The molecule has 0 radical (unpaired) electrons. The number of hydrogen-bond donors (Lipinski definition) is 2. The third-order valence-corrected chi connectivity index (χ3v) is 5.31. The van der Waals surface area contributed by atoms with Crippen LogP contribution < -0.4 is 10.1 Å². The summed E-state index contributed by atoms with van der Waals surface area (Å²) >= 11 is 9.27. The first-order valence-corrected chi connectivity index (χ1v) is 8.67. The Morgan fingerprint density at radius 3 is 3.00 bits per heavy atom. The SMILES string of the molecule is COc1ccccc1Nc1n[nH]c(SCc2sccc2Cl)n1. The molecule has 0 bridgehead atoms. The second-order valence-corrected chi connectivity index (χ2v) is 6.64. The maximum atomic E-state index is 6.08. The number of nitrogens with zero attached hydrogens (tertiary/aromatic N) is 2. The summed E-state index contributed by atoms with van der Waals surface area (Å²) in [5, 5.41) is 13.7. The van der Waals surface area contributed by atoms with Crippen LogP contribution in [0.5, 0.6) is 5.75 Å². The van der Waals surface area contributed by atoms with Crippen LogP contribution in [0, 0.1) is 0 Å². The Bertz CT molecular complexity index is 759. The van der Waals surface area contributed by atoms with Crippen molar-refractivity contribution in [3.63, 3.8) is 0 Å². The molecule has 1 aromatic carbocycles. The molecule has 0 aliphatic heterocycles. The topological polar surface area (TPSA) is 62.8 Å². The fourth-order valence-corrected chi connectivity index (χ4v) is 3.90. The number of thiophene rings is 1. The van der Waals surface area contributed by atoms with Crippen LogP contribution >= 0.6 is 34.7 Å². The Morgan fingerprint density at radius 2 is 2.23 bits per heavy atom. The molecule has 2 heterocycles. The molecule has 0 spiro atoms. The molecule has 5 nitrogen and oxygen atoms in total. The van der Waals surface area contributed by atoms with Gasteiger partial charge in [-0.1, -0.05) is 35.5 Å². The van der Waals surface area contributed by atoms with Gasteiger partial charge in [-0.05, 0) is 23.6 Å². The van der Waals surface area contributed by atoms with Crippen molar-refractivity contribution in [2.45, 2.75) is 10.9 Å². The van der Waals surface area contributed by atoms with Gasteiger partial charge in [0.25, 0.3) is 0 Å². The molecular weight excluding hydrogens is 340 g/mol. The van der Waals surface area contributed by atoms with Gasteiger partial charge in [-0.25, -0.2) is 0 Å². The van der Waals surface area contributed by atoms with Gasteiger partial charge in [-0.3, -0.25) is 5.10 Å². The third-order valence-electron chi connectivity index (χ3n) is 2.85. The number of hydrogen-bond acceptors (Lipinski definition) is 6. The molecule has 0 saturated heterocycles. The van der Waals surface area contributed by atoms with Crippen LogP contribution in [-0.2, 0) is 5.75 Å². The number of rotatable bonds is 6. The molecular formula is C14H13ClN4OS2. The van der Waals surface area contributed by atoms with E-state index in [1.807, 2.05) is 35.7 Å². The molecule has 3 aromatic rings. The standard InChI is InChI=1S/C14H13ClN4OS2/c1-20-11-5-3-2-4-10(11)16-13-17-14(19-18-13)22-8-12-9(15)6-7-21-12/h2-7H,8H2,1H3,(H2,16,17,18,19). The average Bonchev–Trinajstić information content (AvgIpc) is 3.15. The first-order valence-electron chi connectivity index (χ1n) is 6.43. The highest BCUT2D eigenvalue weighted by Gasteiger charge is 2.09. The van der Waals surface area contributed by atoms with Crippen LogP contribution in [0.1, 0.15) is 4.88 Å². The van der Waals surface area contributed by atoms with E-state index in [2.05, 4.69) is 20.5 Å². The summed E-state index contributed by atoms with van der Waals surface area (Å²) in [6, 6.07) is 9.52. The molecule has 0 saturated carbocycles. The monoisotopic (exact) mass is 352 g/mol. The zero-order valence-corrected chi connectivity index (χ0v) is 14.1. The highest BCUT2D eigenvalue weighted by molar-refractivity contribution is 7.98. The van der Waals surface area contributed by atoms with Crippen molar-refractivity contribution in [3.8, 4) is 5.75 Å². The normalized spacial score (nSPS) is 10.6. The van der Waals surface area contributed by atoms with Crippen molar-refractivity contribution < 1.29 is 4.74 Å². The highest BCUT2D eigenvalue weighted by atomic mass is 35.5.